The molecule has 1 atom stereocenters. The Morgan fingerprint density at radius 3 is 2.68 bits per heavy atom. The van der Waals surface area contributed by atoms with E-state index in [9.17, 15) is 13.2 Å². The average molecular weight is 349 g/mol. The van der Waals surface area contributed by atoms with Gasteiger partial charge in [-0.15, -0.1) is 12.4 Å². The summed E-state index contributed by atoms with van der Waals surface area (Å²) in [5.74, 6) is -0.628. The number of halogens is 1. The number of aromatic nitrogens is 1. The van der Waals surface area contributed by atoms with Crippen molar-refractivity contribution in [1.29, 1.82) is 0 Å². The highest BCUT2D eigenvalue weighted by Crippen LogP contribution is 2.38. The summed E-state index contributed by atoms with van der Waals surface area (Å²) in [6.45, 7) is 2.90. The lowest BCUT2D eigenvalue weighted by atomic mass is 9.87. The van der Waals surface area contributed by atoms with Crippen LogP contribution in [0.3, 0.4) is 0 Å². The molecule has 0 aromatic carbocycles. The lowest BCUT2D eigenvalue weighted by Crippen LogP contribution is -2.33. The van der Waals surface area contributed by atoms with Crippen molar-refractivity contribution in [3.63, 3.8) is 0 Å². The van der Waals surface area contributed by atoms with E-state index in [1.54, 1.807) is 7.05 Å². The summed E-state index contributed by atoms with van der Waals surface area (Å²) >= 11 is 0. The first-order valence-corrected chi connectivity index (χ1v) is 8.45. The highest BCUT2D eigenvalue weighted by Gasteiger charge is 2.44. The lowest BCUT2D eigenvalue weighted by Gasteiger charge is -2.22. The Kier molecular flexibility index (Phi) is 4.59. The Bertz CT molecular complexity index is 679. The number of nitrogens with one attached hydrogen (secondary N) is 1. The topological polar surface area (TPSA) is 97.4 Å². The SMILES string of the molecule is Cl.Cn1cc(S(=O)(=O)N2CCC3(CCNC3)C2)cc1C(N)=O. The molecule has 1 aromatic heterocycles. The molecule has 9 heteroatoms. The van der Waals surface area contributed by atoms with Crippen molar-refractivity contribution < 1.29 is 13.2 Å². The fourth-order valence-electron chi connectivity index (χ4n) is 3.31. The van der Waals surface area contributed by atoms with Crippen molar-refractivity contribution in [3.8, 4) is 0 Å². The first-order valence-electron chi connectivity index (χ1n) is 7.01. The number of carbonyl (C=O) groups is 1. The number of nitrogens with zero attached hydrogens (tertiary/aromatic N) is 2. The van der Waals surface area contributed by atoms with Gasteiger partial charge in [0.1, 0.15) is 10.6 Å². The van der Waals surface area contributed by atoms with Crippen LogP contribution in [0.15, 0.2) is 17.2 Å². The van der Waals surface area contributed by atoms with Gasteiger partial charge in [-0.3, -0.25) is 4.79 Å². The number of rotatable bonds is 3. The van der Waals surface area contributed by atoms with Gasteiger partial charge in [-0.1, -0.05) is 0 Å². The highest BCUT2D eigenvalue weighted by molar-refractivity contribution is 7.89. The molecule has 2 aliphatic heterocycles. The van der Waals surface area contributed by atoms with Gasteiger partial charge >= 0.3 is 0 Å². The van der Waals surface area contributed by atoms with Gasteiger partial charge in [0.05, 0.1) is 0 Å². The third-order valence-corrected chi connectivity index (χ3v) is 6.42. The third kappa shape index (κ3) is 2.76. The fraction of sp³-hybridized carbons (Fsp3) is 0.615. The Morgan fingerprint density at radius 2 is 2.14 bits per heavy atom. The van der Waals surface area contributed by atoms with E-state index >= 15 is 0 Å². The summed E-state index contributed by atoms with van der Waals surface area (Å²) in [5, 5.41) is 3.31. The van der Waals surface area contributed by atoms with Gasteiger partial charge in [-0.25, -0.2) is 8.42 Å². The van der Waals surface area contributed by atoms with Crippen LogP contribution in [0.4, 0.5) is 0 Å². The molecule has 1 spiro atoms. The van der Waals surface area contributed by atoms with E-state index in [-0.39, 0.29) is 28.4 Å². The van der Waals surface area contributed by atoms with E-state index in [1.165, 1.54) is 21.1 Å². The van der Waals surface area contributed by atoms with Crippen LogP contribution in [-0.2, 0) is 17.1 Å². The maximum atomic E-state index is 12.7. The van der Waals surface area contributed by atoms with Crippen LogP contribution in [0.2, 0.25) is 0 Å². The molecule has 2 aliphatic rings. The maximum absolute atomic E-state index is 12.7. The number of carbonyl (C=O) groups excluding carboxylic acids is 1. The summed E-state index contributed by atoms with van der Waals surface area (Å²) < 4.78 is 28.4. The number of amides is 1. The quantitative estimate of drug-likeness (QED) is 0.798. The molecule has 0 saturated carbocycles. The first kappa shape index (κ1) is 17.3. The highest BCUT2D eigenvalue weighted by atomic mass is 35.5. The van der Waals surface area contributed by atoms with Crippen molar-refractivity contribution in [1.82, 2.24) is 14.2 Å². The van der Waals surface area contributed by atoms with E-state index in [0.29, 0.717) is 13.1 Å². The summed E-state index contributed by atoms with van der Waals surface area (Å²) in [4.78, 5) is 11.4. The van der Waals surface area contributed by atoms with Crippen LogP contribution in [-0.4, -0.2) is 49.4 Å². The van der Waals surface area contributed by atoms with Gasteiger partial charge in [0, 0.05) is 32.9 Å². The first-order chi connectivity index (χ1) is 9.84. The summed E-state index contributed by atoms with van der Waals surface area (Å²) in [6.07, 6.45) is 3.35. The van der Waals surface area contributed by atoms with E-state index < -0.39 is 15.9 Å². The largest absolute Gasteiger partial charge is 0.364 e. The Hall–Kier alpha value is -1.09. The molecule has 0 bridgehead atoms. The van der Waals surface area contributed by atoms with Gasteiger partial charge in [-0.05, 0) is 30.9 Å². The fourth-order valence-corrected chi connectivity index (χ4v) is 4.94. The zero-order chi connectivity index (χ0) is 15.3. The predicted molar refractivity (Wildman–Crippen MR) is 84.5 cm³/mol. The molecule has 0 radical (unpaired) electrons. The minimum atomic E-state index is -3.56. The third-order valence-electron chi connectivity index (χ3n) is 4.61. The van der Waals surface area contributed by atoms with Gasteiger partial charge in [0.25, 0.3) is 5.91 Å². The molecular formula is C13H21ClN4O3S. The van der Waals surface area contributed by atoms with Crippen LogP contribution in [0.5, 0.6) is 0 Å². The molecule has 2 saturated heterocycles. The van der Waals surface area contributed by atoms with E-state index in [1.807, 2.05) is 0 Å². The zero-order valence-corrected chi connectivity index (χ0v) is 14.0. The van der Waals surface area contributed by atoms with Crippen LogP contribution in [0.25, 0.3) is 0 Å². The number of hydrogen-bond donors (Lipinski definition) is 2. The molecule has 124 valence electrons. The smallest absolute Gasteiger partial charge is 0.265 e. The number of primary amides is 1. The molecule has 2 fully saturated rings. The molecule has 1 unspecified atom stereocenters. The van der Waals surface area contributed by atoms with Gasteiger partial charge in [0.15, 0.2) is 0 Å². The minimum Gasteiger partial charge on any atom is -0.364 e. The van der Waals surface area contributed by atoms with E-state index in [4.69, 9.17) is 5.73 Å². The van der Waals surface area contributed by atoms with Crippen LogP contribution in [0, 0.1) is 5.41 Å². The number of nitrogens with two attached hydrogens (primary N) is 1. The molecule has 0 aliphatic carbocycles. The zero-order valence-electron chi connectivity index (χ0n) is 12.4. The Labute approximate surface area is 136 Å². The molecule has 1 amide bonds. The Balaban J connectivity index is 0.00000176. The van der Waals surface area contributed by atoms with Crippen molar-refractivity contribution in [2.45, 2.75) is 17.7 Å². The van der Waals surface area contributed by atoms with Crippen molar-refractivity contribution >= 4 is 28.3 Å². The normalized spacial score (nSPS) is 25.5. The second-order valence-corrected chi connectivity index (χ2v) is 7.99. The van der Waals surface area contributed by atoms with Crippen LogP contribution < -0.4 is 11.1 Å². The molecule has 22 heavy (non-hydrogen) atoms. The number of sulfonamides is 1. The van der Waals surface area contributed by atoms with Crippen molar-refractivity contribution in [2.24, 2.45) is 18.2 Å². The van der Waals surface area contributed by atoms with Gasteiger partial charge in [0.2, 0.25) is 10.0 Å². The lowest BCUT2D eigenvalue weighted by molar-refractivity contribution is 0.0992. The standard InChI is InChI=1S/C13H20N4O3S.ClH/c1-16-7-10(6-11(16)12(14)18)21(19,20)17-5-3-13(9-17)2-4-15-8-13;/h6-7,15H,2-5,8-9H2,1H3,(H2,14,18);1H. The molecular weight excluding hydrogens is 328 g/mol. The molecule has 3 heterocycles. The van der Waals surface area contributed by atoms with E-state index in [2.05, 4.69) is 5.32 Å². The van der Waals surface area contributed by atoms with E-state index in [0.717, 1.165) is 25.9 Å². The summed E-state index contributed by atoms with van der Waals surface area (Å²) in [5.41, 5.74) is 5.52. The second kappa shape index (κ2) is 5.84. The summed E-state index contributed by atoms with van der Waals surface area (Å²) in [7, 11) is -1.94. The van der Waals surface area contributed by atoms with Gasteiger partial charge in [-0.2, -0.15) is 4.31 Å². The van der Waals surface area contributed by atoms with Gasteiger partial charge < -0.3 is 15.6 Å². The number of aryl methyl sites for hydroxylation is 1. The minimum absolute atomic E-state index is 0. The Morgan fingerprint density at radius 1 is 1.41 bits per heavy atom. The molecule has 3 rings (SSSR count). The molecule has 7 nitrogen and oxygen atoms in total. The van der Waals surface area contributed by atoms with Crippen LogP contribution >= 0.6 is 12.4 Å². The average Bonchev–Trinajstić information content (AvgIpc) is 3.11. The summed E-state index contributed by atoms with van der Waals surface area (Å²) in [6, 6.07) is 1.36. The maximum Gasteiger partial charge on any atom is 0.265 e. The monoisotopic (exact) mass is 348 g/mol. The predicted octanol–water partition coefficient (Wildman–Crippen LogP) is -0.0801. The second-order valence-electron chi connectivity index (χ2n) is 6.05. The van der Waals surface area contributed by atoms with Crippen LogP contribution in [0.1, 0.15) is 23.3 Å². The number of hydrogen-bond acceptors (Lipinski definition) is 4. The molecule has 1 aromatic rings. The van der Waals surface area contributed by atoms with Crippen molar-refractivity contribution in [3.05, 3.63) is 18.0 Å². The van der Waals surface area contributed by atoms with Crippen molar-refractivity contribution in [2.75, 3.05) is 26.2 Å². The molecule has 3 N–H and O–H groups in total.